The van der Waals surface area contributed by atoms with Crippen molar-refractivity contribution in [2.75, 3.05) is 18.2 Å². The van der Waals surface area contributed by atoms with Crippen molar-refractivity contribution in [2.45, 2.75) is 19.2 Å². The Kier molecular flexibility index (Phi) is 5.29. The van der Waals surface area contributed by atoms with Gasteiger partial charge in [-0.05, 0) is 26.0 Å². The molecule has 0 aromatic heterocycles. The van der Waals surface area contributed by atoms with Crippen molar-refractivity contribution >= 4 is 23.2 Å². The summed E-state index contributed by atoms with van der Waals surface area (Å²) in [6.45, 7) is 4.34. The number of hydrogen-bond acceptors (Lipinski definition) is 2. The van der Waals surface area contributed by atoms with Crippen molar-refractivity contribution in [1.82, 2.24) is 0 Å². The third-order valence-electron chi connectivity index (χ3n) is 2.10. The molecule has 0 N–H and O–H groups in total. The maximum Gasteiger partial charge on any atom is 0.246 e. The van der Waals surface area contributed by atoms with Gasteiger partial charge in [0.2, 0.25) is 5.91 Å². The summed E-state index contributed by atoms with van der Waals surface area (Å²) in [5.74, 6) is -0.152. The minimum Gasteiger partial charge on any atom is -0.361 e. The van der Waals surface area contributed by atoms with Crippen LogP contribution in [0.4, 0.5) is 5.69 Å². The zero-order valence-electron chi connectivity index (χ0n) is 9.52. The average molecular weight is 242 g/mol. The van der Waals surface area contributed by atoms with E-state index in [2.05, 4.69) is 0 Å². The number of carbonyl (C=O) groups is 1. The van der Waals surface area contributed by atoms with Crippen LogP contribution < -0.4 is 4.90 Å². The number of amides is 1. The quantitative estimate of drug-likeness (QED) is 0.586. The molecule has 0 spiro atoms. The van der Waals surface area contributed by atoms with Gasteiger partial charge in [0.05, 0.1) is 0 Å². The van der Waals surface area contributed by atoms with Gasteiger partial charge in [-0.15, -0.1) is 11.6 Å². The number of ether oxygens (including phenoxy) is 1. The van der Waals surface area contributed by atoms with E-state index in [4.69, 9.17) is 16.3 Å². The van der Waals surface area contributed by atoms with Gasteiger partial charge in [-0.1, -0.05) is 18.2 Å². The molecule has 1 atom stereocenters. The van der Waals surface area contributed by atoms with Gasteiger partial charge in [0, 0.05) is 12.3 Å². The number of hydrogen-bond donors (Lipinski definition) is 0. The first-order chi connectivity index (χ1) is 7.66. The van der Waals surface area contributed by atoms with E-state index >= 15 is 0 Å². The minimum absolute atomic E-state index is 0.152. The number of alkyl halides is 1. The lowest BCUT2D eigenvalue weighted by molar-refractivity contribution is -0.119. The SMILES string of the molecule is CCOCN(C(=O)C(C)Cl)c1ccccc1. The van der Waals surface area contributed by atoms with E-state index in [9.17, 15) is 4.79 Å². The molecule has 1 amide bonds. The Morgan fingerprint density at radius 3 is 2.56 bits per heavy atom. The van der Waals surface area contributed by atoms with Gasteiger partial charge in [-0.2, -0.15) is 0 Å². The molecule has 1 unspecified atom stereocenters. The molecule has 1 aromatic rings. The van der Waals surface area contributed by atoms with Crippen LogP contribution in [0.15, 0.2) is 30.3 Å². The van der Waals surface area contributed by atoms with Crippen LogP contribution in [0.25, 0.3) is 0 Å². The first-order valence-corrected chi connectivity index (χ1v) is 5.68. The zero-order chi connectivity index (χ0) is 12.0. The highest BCUT2D eigenvalue weighted by Gasteiger charge is 2.19. The number of benzene rings is 1. The first kappa shape index (κ1) is 13.0. The summed E-state index contributed by atoms with van der Waals surface area (Å²) in [5, 5.41) is -0.555. The molecule has 0 heterocycles. The minimum atomic E-state index is -0.555. The number of halogens is 1. The van der Waals surface area contributed by atoms with Gasteiger partial charge in [0.25, 0.3) is 0 Å². The highest BCUT2D eigenvalue weighted by Crippen LogP contribution is 2.15. The van der Waals surface area contributed by atoms with Crippen molar-refractivity contribution in [3.05, 3.63) is 30.3 Å². The van der Waals surface area contributed by atoms with E-state index in [1.54, 1.807) is 11.8 Å². The van der Waals surface area contributed by atoms with Crippen molar-refractivity contribution in [1.29, 1.82) is 0 Å². The van der Waals surface area contributed by atoms with Gasteiger partial charge in [0.15, 0.2) is 0 Å². The number of rotatable bonds is 5. The number of nitrogens with zero attached hydrogens (tertiary/aromatic N) is 1. The second-order valence-corrected chi connectivity index (χ2v) is 3.99. The van der Waals surface area contributed by atoms with E-state index in [-0.39, 0.29) is 12.6 Å². The fourth-order valence-electron chi connectivity index (χ4n) is 1.27. The Morgan fingerprint density at radius 2 is 2.06 bits per heavy atom. The van der Waals surface area contributed by atoms with Crippen LogP contribution in [0.5, 0.6) is 0 Å². The Balaban J connectivity index is 2.83. The summed E-state index contributed by atoms with van der Waals surface area (Å²) in [4.78, 5) is 13.4. The predicted octanol–water partition coefficient (Wildman–Crippen LogP) is 2.64. The molecule has 0 aliphatic heterocycles. The molecule has 88 valence electrons. The number of anilines is 1. The molecule has 0 saturated carbocycles. The fraction of sp³-hybridized carbons (Fsp3) is 0.417. The third-order valence-corrected chi connectivity index (χ3v) is 2.29. The van der Waals surface area contributed by atoms with Crippen LogP contribution in [0, 0.1) is 0 Å². The lowest BCUT2D eigenvalue weighted by Crippen LogP contribution is -2.37. The summed E-state index contributed by atoms with van der Waals surface area (Å²) in [5.41, 5.74) is 0.799. The van der Waals surface area contributed by atoms with Gasteiger partial charge in [-0.25, -0.2) is 0 Å². The Morgan fingerprint density at radius 1 is 1.44 bits per heavy atom. The van der Waals surface area contributed by atoms with Gasteiger partial charge >= 0.3 is 0 Å². The molecule has 16 heavy (non-hydrogen) atoms. The van der Waals surface area contributed by atoms with Gasteiger partial charge < -0.3 is 4.74 Å². The summed E-state index contributed by atoms with van der Waals surface area (Å²) < 4.78 is 5.27. The molecule has 0 fully saturated rings. The van der Waals surface area contributed by atoms with Gasteiger partial charge in [0.1, 0.15) is 12.1 Å². The fourth-order valence-corrected chi connectivity index (χ4v) is 1.39. The van der Waals surface area contributed by atoms with Crippen molar-refractivity contribution in [2.24, 2.45) is 0 Å². The third kappa shape index (κ3) is 3.51. The largest absolute Gasteiger partial charge is 0.361 e. The second-order valence-electron chi connectivity index (χ2n) is 3.34. The maximum absolute atomic E-state index is 11.9. The van der Waals surface area contributed by atoms with E-state index in [0.717, 1.165) is 5.69 Å². The molecule has 0 bridgehead atoms. The van der Waals surface area contributed by atoms with E-state index in [0.29, 0.717) is 6.61 Å². The second kappa shape index (κ2) is 6.51. The standard InChI is InChI=1S/C12H16ClNO2/c1-3-16-9-14(12(15)10(2)13)11-7-5-4-6-8-11/h4-8,10H,3,9H2,1-2H3. The van der Waals surface area contributed by atoms with Crippen LogP contribution in [-0.2, 0) is 9.53 Å². The maximum atomic E-state index is 11.9. The molecule has 0 aliphatic rings. The molecule has 1 rings (SSSR count). The summed E-state index contributed by atoms with van der Waals surface area (Å²) >= 11 is 5.81. The highest BCUT2D eigenvalue weighted by atomic mass is 35.5. The van der Waals surface area contributed by atoms with Crippen molar-refractivity contribution in [3.63, 3.8) is 0 Å². The van der Waals surface area contributed by atoms with Crippen LogP contribution in [-0.4, -0.2) is 24.6 Å². The first-order valence-electron chi connectivity index (χ1n) is 5.25. The predicted molar refractivity (Wildman–Crippen MR) is 65.7 cm³/mol. The summed E-state index contributed by atoms with van der Waals surface area (Å²) in [7, 11) is 0. The molecular weight excluding hydrogens is 226 g/mol. The summed E-state index contributed by atoms with van der Waals surface area (Å²) in [6.07, 6.45) is 0. The lowest BCUT2D eigenvalue weighted by Gasteiger charge is -2.23. The average Bonchev–Trinajstić information content (AvgIpc) is 2.30. The smallest absolute Gasteiger partial charge is 0.246 e. The molecule has 0 radical (unpaired) electrons. The molecule has 4 heteroatoms. The van der Waals surface area contributed by atoms with Crippen molar-refractivity contribution in [3.8, 4) is 0 Å². The normalized spacial score (nSPS) is 12.2. The van der Waals surface area contributed by atoms with E-state index in [1.165, 1.54) is 0 Å². The van der Waals surface area contributed by atoms with Crippen LogP contribution in [0.3, 0.4) is 0 Å². The Labute approximate surface area is 101 Å². The summed E-state index contributed by atoms with van der Waals surface area (Å²) in [6, 6.07) is 9.37. The monoisotopic (exact) mass is 241 g/mol. The van der Waals surface area contributed by atoms with Crippen molar-refractivity contribution < 1.29 is 9.53 Å². The Bertz CT molecular complexity index is 327. The van der Waals surface area contributed by atoms with Gasteiger partial charge in [-0.3, -0.25) is 9.69 Å². The topological polar surface area (TPSA) is 29.5 Å². The molecular formula is C12H16ClNO2. The number of carbonyl (C=O) groups excluding carboxylic acids is 1. The molecule has 0 aliphatic carbocycles. The molecule has 1 aromatic carbocycles. The van der Waals surface area contributed by atoms with Crippen LogP contribution >= 0.6 is 11.6 Å². The van der Waals surface area contributed by atoms with Crippen LogP contribution in [0.2, 0.25) is 0 Å². The Hall–Kier alpha value is -1.06. The van der Waals surface area contributed by atoms with Crippen LogP contribution in [0.1, 0.15) is 13.8 Å². The van der Waals surface area contributed by atoms with E-state index in [1.807, 2.05) is 37.3 Å². The molecule has 3 nitrogen and oxygen atoms in total. The lowest BCUT2D eigenvalue weighted by atomic mass is 10.3. The number of para-hydroxylation sites is 1. The molecule has 0 saturated heterocycles. The highest BCUT2D eigenvalue weighted by molar-refractivity contribution is 6.32. The van der Waals surface area contributed by atoms with E-state index < -0.39 is 5.38 Å². The zero-order valence-corrected chi connectivity index (χ0v) is 10.3.